The quantitative estimate of drug-likeness (QED) is 0.837. The van der Waals surface area contributed by atoms with E-state index in [2.05, 4.69) is 31.2 Å². The Morgan fingerprint density at radius 2 is 2.17 bits per heavy atom. The fraction of sp³-hybridized carbons (Fsp3) is 0.429. The number of aromatic nitrogens is 2. The Kier molecular flexibility index (Phi) is 3.75. The predicted octanol–water partition coefficient (Wildman–Crippen LogP) is 2.28. The highest BCUT2D eigenvalue weighted by Crippen LogP contribution is 2.07. The number of halogens is 2. The van der Waals surface area contributed by atoms with Crippen LogP contribution in [-0.4, -0.2) is 21.9 Å². The van der Waals surface area contributed by atoms with Gasteiger partial charge in [-0.1, -0.05) is 0 Å². The maximum atomic E-state index is 5.61. The molecule has 0 aliphatic carbocycles. The van der Waals surface area contributed by atoms with Crippen molar-refractivity contribution in [1.82, 2.24) is 9.97 Å². The lowest BCUT2D eigenvalue weighted by atomic mass is 10.4. The van der Waals surface area contributed by atoms with E-state index in [4.69, 9.17) is 11.6 Å². The van der Waals surface area contributed by atoms with E-state index in [1.54, 1.807) is 12.4 Å². The van der Waals surface area contributed by atoms with E-state index in [1.807, 2.05) is 6.92 Å². The number of alkyl halides is 1. The Morgan fingerprint density at radius 1 is 1.58 bits per heavy atom. The molecule has 0 bridgehead atoms. The molecule has 0 aliphatic heterocycles. The minimum Gasteiger partial charge on any atom is -0.351 e. The molecule has 1 atom stereocenters. The van der Waals surface area contributed by atoms with Crippen molar-refractivity contribution in [3.8, 4) is 0 Å². The van der Waals surface area contributed by atoms with Gasteiger partial charge in [-0.25, -0.2) is 9.97 Å². The highest BCUT2D eigenvalue weighted by Gasteiger charge is 2.00. The largest absolute Gasteiger partial charge is 0.351 e. The number of hydrogen-bond acceptors (Lipinski definition) is 3. The molecular weight excluding hydrogens is 241 g/mol. The molecule has 1 unspecified atom stereocenters. The van der Waals surface area contributed by atoms with Crippen molar-refractivity contribution in [3.63, 3.8) is 0 Å². The van der Waals surface area contributed by atoms with E-state index in [0.29, 0.717) is 11.8 Å². The lowest BCUT2D eigenvalue weighted by molar-refractivity contribution is 0.880. The summed E-state index contributed by atoms with van der Waals surface area (Å²) in [5.41, 5.74) is 0. The Morgan fingerprint density at radius 3 is 2.67 bits per heavy atom. The monoisotopic (exact) mass is 249 g/mol. The fourth-order valence-corrected chi connectivity index (χ4v) is 0.928. The highest BCUT2D eigenvalue weighted by atomic mass is 79.9. The zero-order valence-electron chi connectivity index (χ0n) is 6.59. The van der Waals surface area contributed by atoms with Gasteiger partial charge in [0.25, 0.3) is 0 Å². The lowest BCUT2D eigenvalue weighted by Gasteiger charge is -2.08. The van der Waals surface area contributed by atoms with E-state index in [9.17, 15) is 0 Å². The minimum absolute atomic E-state index is 0.188. The smallest absolute Gasteiger partial charge is 0.222 e. The van der Waals surface area contributed by atoms with Crippen LogP contribution in [0.3, 0.4) is 0 Å². The molecule has 1 aromatic heterocycles. The number of rotatable bonds is 3. The van der Waals surface area contributed by atoms with Gasteiger partial charge in [-0.15, -0.1) is 11.6 Å². The predicted molar refractivity (Wildman–Crippen MR) is 53.5 cm³/mol. The summed E-state index contributed by atoms with van der Waals surface area (Å²) in [4.78, 5) is 8.08. The first-order valence-corrected chi connectivity index (χ1v) is 4.85. The summed E-state index contributed by atoms with van der Waals surface area (Å²) in [7, 11) is 0. The van der Waals surface area contributed by atoms with E-state index in [0.717, 1.165) is 4.47 Å². The Balaban J connectivity index is 2.58. The van der Waals surface area contributed by atoms with Gasteiger partial charge in [-0.3, -0.25) is 0 Å². The molecule has 0 radical (unpaired) electrons. The van der Waals surface area contributed by atoms with E-state index >= 15 is 0 Å². The summed E-state index contributed by atoms with van der Waals surface area (Å²) in [6, 6.07) is 0.188. The van der Waals surface area contributed by atoms with Gasteiger partial charge < -0.3 is 5.32 Å². The van der Waals surface area contributed by atoms with Crippen molar-refractivity contribution >= 4 is 33.5 Å². The summed E-state index contributed by atoms with van der Waals surface area (Å²) < 4.78 is 0.867. The SMILES string of the molecule is CC(CCl)Nc1ncc(Br)cn1. The fourth-order valence-electron chi connectivity index (χ4n) is 0.646. The zero-order chi connectivity index (χ0) is 8.97. The molecule has 1 N–H and O–H groups in total. The molecule has 0 aliphatic rings. The van der Waals surface area contributed by atoms with Crippen LogP contribution in [0.15, 0.2) is 16.9 Å². The van der Waals surface area contributed by atoms with Crippen molar-refractivity contribution in [2.24, 2.45) is 0 Å². The molecule has 0 saturated heterocycles. The number of nitrogens with one attached hydrogen (secondary N) is 1. The van der Waals surface area contributed by atoms with Crippen LogP contribution in [0.25, 0.3) is 0 Å². The van der Waals surface area contributed by atoms with Gasteiger partial charge in [-0.2, -0.15) is 0 Å². The normalized spacial score (nSPS) is 12.6. The van der Waals surface area contributed by atoms with Crippen LogP contribution < -0.4 is 5.32 Å². The first-order chi connectivity index (χ1) is 5.72. The van der Waals surface area contributed by atoms with Gasteiger partial charge in [0.05, 0.1) is 4.47 Å². The van der Waals surface area contributed by atoms with Crippen LogP contribution in [0.2, 0.25) is 0 Å². The highest BCUT2D eigenvalue weighted by molar-refractivity contribution is 9.10. The summed E-state index contributed by atoms with van der Waals surface area (Å²) in [6.07, 6.45) is 3.38. The maximum Gasteiger partial charge on any atom is 0.222 e. The van der Waals surface area contributed by atoms with E-state index in [-0.39, 0.29) is 6.04 Å². The molecule has 1 aromatic rings. The van der Waals surface area contributed by atoms with Crippen molar-refractivity contribution in [2.75, 3.05) is 11.2 Å². The second-order valence-corrected chi connectivity index (χ2v) is 3.65. The van der Waals surface area contributed by atoms with E-state index < -0.39 is 0 Å². The Labute approximate surface area is 84.7 Å². The average molecular weight is 251 g/mol. The summed E-state index contributed by atoms with van der Waals surface area (Å²) in [5, 5.41) is 3.04. The second-order valence-electron chi connectivity index (χ2n) is 2.42. The van der Waals surface area contributed by atoms with E-state index in [1.165, 1.54) is 0 Å². The van der Waals surface area contributed by atoms with Crippen LogP contribution in [-0.2, 0) is 0 Å². The van der Waals surface area contributed by atoms with Crippen molar-refractivity contribution in [2.45, 2.75) is 13.0 Å². The lowest BCUT2D eigenvalue weighted by Crippen LogP contribution is -2.18. The molecule has 5 heteroatoms. The molecule has 1 rings (SSSR count). The topological polar surface area (TPSA) is 37.8 Å². The molecule has 0 spiro atoms. The zero-order valence-corrected chi connectivity index (χ0v) is 8.93. The van der Waals surface area contributed by atoms with Crippen molar-refractivity contribution < 1.29 is 0 Å². The van der Waals surface area contributed by atoms with Crippen molar-refractivity contribution in [3.05, 3.63) is 16.9 Å². The molecule has 1 heterocycles. The van der Waals surface area contributed by atoms with Gasteiger partial charge >= 0.3 is 0 Å². The molecule has 12 heavy (non-hydrogen) atoms. The van der Waals surface area contributed by atoms with Gasteiger partial charge in [0.1, 0.15) is 0 Å². The minimum atomic E-state index is 0.188. The molecule has 3 nitrogen and oxygen atoms in total. The first-order valence-electron chi connectivity index (χ1n) is 3.52. The Hall–Kier alpha value is -0.350. The summed E-state index contributed by atoms with van der Waals surface area (Å²) in [5.74, 6) is 1.14. The molecule has 0 saturated carbocycles. The van der Waals surface area contributed by atoms with Crippen LogP contribution in [0.1, 0.15) is 6.92 Å². The Bertz CT molecular complexity index is 239. The van der Waals surface area contributed by atoms with Gasteiger partial charge in [0.2, 0.25) is 5.95 Å². The van der Waals surface area contributed by atoms with Crippen molar-refractivity contribution in [1.29, 1.82) is 0 Å². The third-order valence-corrected chi connectivity index (χ3v) is 2.10. The van der Waals surface area contributed by atoms with Crippen LogP contribution in [0, 0.1) is 0 Å². The van der Waals surface area contributed by atoms with Gasteiger partial charge in [-0.05, 0) is 22.9 Å². The van der Waals surface area contributed by atoms with Gasteiger partial charge in [0.15, 0.2) is 0 Å². The number of hydrogen-bond donors (Lipinski definition) is 1. The van der Waals surface area contributed by atoms with Crippen LogP contribution in [0.5, 0.6) is 0 Å². The third-order valence-electron chi connectivity index (χ3n) is 1.23. The molecule has 66 valence electrons. The summed E-state index contributed by atoms with van der Waals surface area (Å²) >= 11 is 8.86. The van der Waals surface area contributed by atoms with Gasteiger partial charge in [0, 0.05) is 24.3 Å². The molecule has 0 aromatic carbocycles. The molecule has 0 fully saturated rings. The number of anilines is 1. The standard InChI is InChI=1S/C7H9BrClN3/c1-5(2-9)12-7-10-3-6(8)4-11-7/h3-5H,2H2,1H3,(H,10,11,12). The van der Waals surface area contributed by atoms with Crippen LogP contribution in [0.4, 0.5) is 5.95 Å². The molecule has 0 amide bonds. The number of nitrogens with zero attached hydrogens (tertiary/aromatic N) is 2. The summed E-state index contributed by atoms with van der Waals surface area (Å²) in [6.45, 7) is 1.97. The second kappa shape index (κ2) is 4.62. The average Bonchev–Trinajstić information content (AvgIpc) is 2.09. The maximum absolute atomic E-state index is 5.61. The first kappa shape index (κ1) is 9.74. The molecular formula is C7H9BrClN3. The third kappa shape index (κ3) is 2.95. The van der Waals surface area contributed by atoms with Crippen LogP contribution >= 0.6 is 27.5 Å².